The summed E-state index contributed by atoms with van der Waals surface area (Å²) in [5.41, 5.74) is 0.626. The van der Waals surface area contributed by atoms with Crippen molar-refractivity contribution >= 4 is 11.6 Å². The third-order valence-corrected chi connectivity index (χ3v) is 2.49. The molecule has 0 unspecified atom stereocenters. The van der Waals surface area contributed by atoms with E-state index in [0.29, 0.717) is 22.9 Å². The lowest BCUT2D eigenvalue weighted by molar-refractivity contribution is -0.114. The SMILES string of the molecule is COc1ccccc1Oc1ccccc1NC(C)=O. The molecule has 0 aliphatic heterocycles. The summed E-state index contributed by atoms with van der Waals surface area (Å²) in [6.45, 7) is 1.46. The zero-order valence-corrected chi connectivity index (χ0v) is 10.8. The minimum Gasteiger partial charge on any atom is -0.493 e. The molecule has 4 nitrogen and oxygen atoms in total. The fraction of sp³-hybridized carbons (Fsp3) is 0.133. The molecule has 4 heteroatoms. The van der Waals surface area contributed by atoms with Gasteiger partial charge >= 0.3 is 0 Å². The molecule has 0 bridgehead atoms. The van der Waals surface area contributed by atoms with E-state index < -0.39 is 0 Å². The van der Waals surface area contributed by atoms with Crippen molar-refractivity contribution in [2.45, 2.75) is 6.92 Å². The largest absolute Gasteiger partial charge is 0.493 e. The summed E-state index contributed by atoms with van der Waals surface area (Å²) in [6, 6.07) is 14.6. The molecule has 0 saturated heterocycles. The second-order valence-corrected chi connectivity index (χ2v) is 3.93. The van der Waals surface area contributed by atoms with Crippen LogP contribution in [0.15, 0.2) is 48.5 Å². The average molecular weight is 257 g/mol. The summed E-state index contributed by atoms with van der Waals surface area (Å²) >= 11 is 0. The second kappa shape index (κ2) is 5.91. The Balaban J connectivity index is 2.30. The first kappa shape index (κ1) is 13.0. The smallest absolute Gasteiger partial charge is 0.221 e. The normalized spacial score (nSPS) is 9.79. The van der Waals surface area contributed by atoms with E-state index in [0.717, 1.165) is 0 Å². The zero-order chi connectivity index (χ0) is 13.7. The lowest BCUT2D eigenvalue weighted by Gasteiger charge is -2.13. The molecule has 2 aromatic carbocycles. The maximum absolute atomic E-state index is 11.1. The van der Waals surface area contributed by atoms with Crippen LogP contribution in [0.1, 0.15) is 6.92 Å². The van der Waals surface area contributed by atoms with Crippen LogP contribution in [0.3, 0.4) is 0 Å². The Hall–Kier alpha value is -2.49. The van der Waals surface area contributed by atoms with Gasteiger partial charge < -0.3 is 14.8 Å². The van der Waals surface area contributed by atoms with Crippen molar-refractivity contribution in [2.24, 2.45) is 0 Å². The number of amides is 1. The fourth-order valence-corrected chi connectivity index (χ4v) is 1.67. The lowest BCUT2D eigenvalue weighted by atomic mass is 10.2. The molecule has 0 fully saturated rings. The number of methoxy groups -OCH3 is 1. The Morgan fingerprint density at radius 3 is 2.16 bits per heavy atom. The maximum atomic E-state index is 11.1. The molecule has 1 amide bonds. The number of nitrogens with one attached hydrogen (secondary N) is 1. The van der Waals surface area contributed by atoms with E-state index in [-0.39, 0.29) is 5.91 Å². The summed E-state index contributed by atoms with van der Waals surface area (Å²) in [4.78, 5) is 11.1. The van der Waals surface area contributed by atoms with Gasteiger partial charge in [0.1, 0.15) is 0 Å². The van der Waals surface area contributed by atoms with Gasteiger partial charge in [-0.3, -0.25) is 4.79 Å². The fourth-order valence-electron chi connectivity index (χ4n) is 1.67. The van der Waals surface area contributed by atoms with Gasteiger partial charge in [0.2, 0.25) is 5.91 Å². The Morgan fingerprint density at radius 1 is 0.947 bits per heavy atom. The van der Waals surface area contributed by atoms with Gasteiger partial charge in [-0.05, 0) is 24.3 Å². The van der Waals surface area contributed by atoms with Crippen molar-refractivity contribution in [1.82, 2.24) is 0 Å². The van der Waals surface area contributed by atoms with E-state index in [4.69, 9.17) is 9.47 Å². The average Bonchev–Trinajstić information content (AvgIpc) is 2.41. The molecule has 0 spiro atoms. The zero-order valence-electron chi connectivity index (χ0n) is 10.8. The van der Waals surface area contributed by atoms with E-state index in [1.54, 1.807) is 19.2 Å². The summed E-state index contributed by atoms with van der Waals surface area (Å²) in [5.74, 6) is 1.67. The van der Waals surface area contributed by atoms with Crippen LogP contribution in [0, 0.1) is 0 Å². The first-order chi connectivity index (χ1) is 9.20. The second-order valence-electron chi connectivity index (χ2n) is 3.93. The summed E-state index contributed by atoms with van der Waals surface area (Å²) in [5, 5.41) is 2.73. The van der Waals surface area contributed by atoms with Gasteiger partial charge in [0, 0.05) is 6.92 Å². The Bertz CT molecular complexity index is 581. The van der Waals surface area contributed by atoms with Gasteiger partial charge in [-0.2, -0.15) is 0 Å². The summed E-state index contributed by atoms with van der Waals surface area (Å²) in [7, 11) is 1.59. The molecule has 0 radical (unpaired) electrons. The molecule has 98 valence electrons. The van der Waals surface area contributed by atoms with Crippen molar-refractivity contribution in [2.75, 3.05) is 12.4 Å². The molecule has 0 atom stereocenters. The van der Waals surface area contributed by atoms with Crippen LogP contribution < -0.4 is 14.8 Å². The highest BCUT2D eigenvalue weighted by Gasteiger charge is 2.08. The molecule has 0 aliphatic rings. The highest BCUT2D eigenvalue weighted by atomic mass is 16.5. The highest BCUT2D eigenvalue weighted by Crippen LogP contribution is 2.34. The van der Waals surface area contributed by atoms with Crippen LogP contribution in [0.4, 0.5) is 5.69 Å². The van der Waals surface area contributed by atoms with Gasteiger partial charge in [0.05, 0.1) is 12.8 Å². The number of carbonyl (C=O) groups excluding carboxylic acids is 1. The molecule has 2 rings (SSSR count). The van der Waals surface area contributed by atoms with Crippen LogP contribution >= 0.6 is 0 Å². The molecular weight excluding hydrogens is 242 g/mol. The Morgan fingerprint density at radius 2 is 1.53 bits per heavy atom. The van der Waals surface area contributed by atoms with Crippen molar-refractivity contribution in [3.63, 3.8) is 0 Å². The van der Waals surface area contributed by atoms with E-state index in [9.17, 15) is 4.79 Å². The van der Waals surface area contributed by atoms with E-state index in [1.165, 1.54) is 6.92 Å². The van der Waals surface area contributed by atoms with E-state index in [2.05, 4.69) is 5.32 Å². The van der Waals surface area contributed by atoms with Gasteiger partial charge in [-0.1, -0.05) is 24.3 Å². The number of hydrogen-bond donors (Lipinski definition) is 1. The van der Waals surface area contributed by atoms with Crippen molar-refractivity contribution in [1.29, 1.82) is 0 Å². The number of carbonyl (C=O) groups is 1. The van der Waals surface area contributed by atoms with E-state index >= 15 is 0 Å². The Kier molecular flexibility index (Phi) is 4.03. The Labute approximate surface area is 112 Å². The van der Waals surface area contributed by atoms with Gasteiger partial charge in [-0.25, -0.2) is 0 Å². The van der Waals surface area contributed by atoms with Crippen LogP contribution in [-0.4, -0.2) is 13.0 Å². The molecule has 0 saturated carbocycles. The molecule has 1 N–H and O–H groups in total. The number of anilines is 1. The minimum atomic E-state index is -0.143. The lowest BCUT2D eigenvalue weighted by Crippen LogP contribution is -2.06. The van der Waals surface area contributed by atoms with Crippen LogP contribution in [0.5, 0.6) is 17.2 Å². The molecule has 0 aliphatic carbocycles. The van der Waals surface area contributed by atoms with Gasteiger partial charge in [0.25, 0.3) is 0 Å². The predicted molar refractivity (Wildman–Crippen MR) is 73.8 cm³/mol. The van der Waals surface area contributed by atoms with Crippen molar-refractivity contribution < 1.29 is 14.3 Å². The monoisotopic (exact) mass is 257 g/mol. The van der Waals surface area contributed by atoms with Crippen LogP contribution in [0.25, 0.3) is 0 Å². The molecule has 2 aromatic rings. The number of hydrogen-bond acceptors (Lipinski definition) is 3. The molecule has 0 aromatic heterocycles. The first-order valence-corrected chi connectivity index (χ1v) is 5.88. The predicted octanol–water partition coefficient (Wildman–Crippen LogP) is 3.45. The molecule has 19 heavy (non-hydrogen) atoms. The van der Waals surface area contributed by atoms with Crippen molar-refractivity contribution in [3.05, 3.63) is 48.5 Å². The topological polar surface area (TPSA) is 47.6 Å². The standard InChI is InChI=1S/C15H15NO3/c1-11(17)16-12-7-3-4-8-13(12)19-15-10-6-5-9-14(15)18-2/h3-10H,1-2H3,(H,16,17). The molecule has 0 heterocycles. The van der Waals surface area contributed by atoms with Crippen molar-refractivity contribution in [3.8, 4) is 17.2 Å². The first-order valence-electron chi connectivity index (χ1n) is 5.88. The quantitative estimate of drug-likeness (QED) is 0.912. The van der Waals surface area contributed by atoms with Gasteiger partial charge in [0.15, 0.2) is 17.2 Å². The maximum Gasteiger partial charge on any atom is 0.221 e. The minimum absolute atomic E-state index is 0.143. The third kappa shape index (κ3) is 3.25. The number of rotatable bonds is 4. The molecular formula is C15H15NO3. The number of ether oxygens (including phenoxy) is 2. The number of para-hydroxylation sites is 4. The van der Waals surface area contributed by atoms with Crippen LogP contribution in [0.2, 0.25) is 0 Å². The summed E-state index contributed by atoms with van der Waals surface area (Å²) < 4.78 is 11.0. The third-order valence-electron chi connectivity index (χ3n) is 2.49. The van der Waals surface area contributed by atoms with Gasteiger partial charge in [-0.15, -0.1) is 0 Å². The van der Waals surface area contributed by atoms with Crippen LogP contribution in [-0.2, 0) is 4.79 Å². The summed E-state index contributed by atoms with van der Waals surface area (Å²) in [6.07, 6.45) is 0. The van der Waals surface area contributed by atoms with E-state index in [1.807, 2.05) is 36.4 Å². The number of benzene rings is 2. The highest BCUT2D eigenvalue weighted by molar-refractivity contribution is 5.90.